The largest absolute Gasteiger partial charge is 0.421 e. The summed E-state index contributed by atoms with van der Waals surface area (Å²) in [6.45, 7) is 7.68. The molecule has 1 rings (SSSR count). The molecule has 1 amide bonds. The van der Waals surface area contributed by atoms with Gasteiger partial charge in [-0.3, -0.25) is 9.48 Å². The summed E-state index contributed by atoms with van der Waals surface area (Å²) >= 11 is 0. The number of hydrogen-bond acceptors (Lipinski definition) is 2. The number of nitrogens with zero attached hydrogens (tertiary/aromatic N) is 3. The lowest BCUT2D eigenvalue weighted by Gasteiger charge is -2.24. The van der Waals surface area contributed by atoms with E-state index in [-0.39, 0.29) is 12.1 Å². The molecule has 1 aromatic rings. The van der Waals surface area contributed by atoms with Crippen LogP contribution >= 0.6 is 0 Å². The first-order valence-corrected chi connectivity index (χ1v) is 6.61. The average Bonchev–Trinajstić information content (AvgIpc) is 2.84. The Balaban J connectivity index is 2.88. The van der Waals surface area contributed by atoms with Gasteiger partial charge < -0.3 is 4.90 Å². The predicted molar refractivity (Wildman–Crippen MR) is 73.8 cm³/mol. The molecule has 0 aliphatic rings. The molecule has 0 radical (unpaired) electrons. The van der Waals surface area contributed by atoms with Gasteiger partial charge in [-0.2, -0.15) is 18.3 Å². The lowest BCUT2D eigenvalue weighted by Crippen LogP contribution is -2.40. The Morgan fingerprint density at radius 1 is 1.45 bits per heavy atom. The second kappa shape index (κ2) is 6.50. The first-order chi connectivity index (χ1) is 9.95. The number of aromatic nitrogens is 2. The number of carbonyl (C=O) groups is 1. The Hall–Kier alpha value is -1.86. The molecule has 0 aliphatic heterocycles. The molecule has 0 saturated carbocycles. The highest BCUT2D eigenvalue weighted by atomic mass is 19.4. The highest BCUT2D eigenvalue weighted by Crippen LogP contribution is 2.24. The molecule has 0 saturated heterocycles. The third-order valence-electron chi connectivity index (χ3n) is 2.92. The van der Waals surface area contributed by atoms with Crippen LogP contribution in [0.4, 0.5) is 17.6 Å². The van der Waals surface area contributed by atoms with Crippen LogP contribution in [0.1, 0.15) is 26.3 Å². The van der Waals surface area contributed by atoms with E-state index >= 15 is 0 Å². The van der Waals surface area contributed by atoms with Gasteiger partial charge in [0.2, 0.25) is 12.1 Å². The van der Waals surface area contributed by atoms with Gasteiger partial charge in [-0.1, -0.05) is 6.58 Å². The summed E-state index contributed by atoms with van der Waals surface area (Å²) in [5.41, 5.74) is 0.208. The van der Waals surface area contributed by atoms with E-state index in [1.54, 1.807) is 10.9 Å². The second-order valence-electron chi connectivity index (χ2n) is 5.90. The van der Waals surface area contributed by atoms with E-state index in [9.17, 15) is 22.4 Å². The van der Waals surface area contributed by atoms with E-state index in [0.717, 1.165) is 11.0 Å². The summed E-state index contributed by atoms with van der Waals surface area (Å²) in [5.74, 6) is -0.768. The normalized spacial score (nSPS) is 13.8. The zero-order valence-corrected chi connectivity index (χ0v) is 12.7. The lowest BCUT2D eigenvalue weighted by atomic mass is 10.1. The number of amides is 1. The van der Waals surface area contributed by atoms with Gasteiger partial charge in [0.15, 0.2) is 0 Å². The van der Waals surface area contributed by atoms with E-state index in [1.165, 1.54) is 6.20 Å². The molecule has 0 aliphatic carbocycles. The molecule has 0 spiro atoms. The van der Waals surface area contributed by atoms with Crippen molar-refractivity contribution >= 4 is 5.91 Å². The summed E-state index contributed by atoms with van der Waals surface area (Å²) < 4.78 is 51.8. The van der Waals surface area contributed by atoms with E-state index in [0.29, 0.717) is 5.56 Å². The van der Waals surface area contributed by atoms with Crippen molar-refractivity contribution in [3.05, 3.63) is 30.6 Å². The minimum atomic E-state index is -5.00. The Bertz CT molecular complexity index is 531. The molecular weight excluding hydrogens is 302 g/mol. The van der Waals surface area contributed by atoms with Gasteiger partial charge in [0.1, 0.15) is 0 Å². The third kappa shape index (κ3) is 4.85. The van der Waals surface area contributed by atoms with Crippen molar-refractivity contribution in [1.29, 1.82) is 0 Å². The number of hydrogen-bond donors (Lipinski definition) is 0. The highest BCUT2D eigenvalue weighted by Gasteiger charge is 2.41. The molecule has 1 heterocycles. The van der Waals surface area contributed by atoms with Gasteiger partial charge in [0.25, 0.3) is 0 Å². The molecule has 1 atom stereocenters. The number of alkyl halides is 4. The minimum absolute atomic E-state index is 0.169. The van der Waals surface area contributed by atoms with Gasteiger partial charge >= 0.3 is 6.18 Å². The summed E-state index contributed by atoms with van der Waals surface area (Å²) in [7, 11) is 0. The third-order valence-corrected chi connectivity index (χ3v) is 2.92. The molecule has 4 nitrogen and oxygen atoms in total. The molecular formula is C14H19F4N3O. The van der Waals surface area contributed by atoms with Crippen molar-refractivity contribution in [1.82, 2.24) is 14.7 Å². The lowest BCUT2D eigenvalue weighted by molar-refractivity contribution is -0.185. The molecule has 0 bridgehead atoms. The van der Waals surface area contributed by atoms with Crippen molar-refractivity contribution in [2.24, 2.45) is 0 Å². The first-order valence-electron chi connectivity index (χ1n) is 6.61. The Morgan fingerprint density at radius 2 is 2.05 bits per heavy atom. The summed E-state index contributed by atoms with van der Waals surface area (Å²) in [6.07, 6.45) is -4.19. The van der Waals surface area contributed by atoms with Gasteiger partial charge in [0, 0.05) is 18.3 Å². The van der Waals surface area contributed by atoms with E-state index < -0.39 is 24.8 Å². The van der Waals surface area contributed by atoms with Crippen LogP contribution in [0.5, 0.6) is 0 Å². The molecule has 8 heteroatoms. The van der Waals surface area contributed by atoms with Gasteiger partial charge in [0.05, 0.1) is 18.3 Å². The number of rotatable bonds is 5. The van der Waals surface area contributed by atoms with Gasteiger partial charge in [-0.05, 0) is 26.8 Å². The van der Waals surface area contributed by atoms with Crippen LogP contribution in [-0.4, -0.2) is 39.5 Å². The maximum Gasteiger partial charge on any atom is 0.421 e. The van der Waals surface area contributed by atoms with E-state index in [4.69, 9.17) is 0 Å². The number of carbonyl (C=O) groups excluding carboxylic acids is 1. The molecule has 1 aromatic heterocycles. The zero-order chi connectivity index (χ0) is 17.1. The molecule has 1 unspecified atom stereocenters. The van der Waals surface area contributed by atoms with Crippen LogP contribution < -0.4 is 0 Å². The maximum absolute atomic E-state index is 13.2. The Morgan fingerprint density at radius 3 is 2.45 bits per heavy atom. The molecule has 0 N–H and O–H groups in total. The van der Waals surface area contributed by atoms with Crippen molar-refractivity contribution in [2.75, 3.05) is 6.54 Å². The number of halogens is 4. The summed E-state index contributed by atoms with van der Waals surface area (Å²) in [4.78, 5) is 12.4. The minimum Gasteiger partial charge on any atom is -0.331 e. The van der Waals surface area contributed by atoms with Crippen LogP contribution in [0.15, 0.2) is 25.0 Å². The van der Waals surface area contributed by atoms with Crippen LogP contribution in [0.3, 0.4) is 0 Å². The highest BCUT2D eigenvalue weighted by molar-refractivity contribution is 5.87. The van der Waals surface area contributed by atoms with Crippen LogP contribution in [0.25, 0.3) is 0 Å². The van der Waals surface area contributed by atoms with Crippen LogP contribution in [-0.2, 0) is 16.9 Å². The predicted octanol–water partition coefficient (Wildman–Crippen LogP) is 3.05. The van der Waals surface area contributed by atoms with Crippen LogP contribution in [0, 0.1) is 0 Å². The molecule has 0 fully saturated rings. The SMILES string of the molecule is C=CC(=O)N(Cc1cnn(C(C)(C)C)c1)CC(F)C(F)(F)F. The van der Waals surface area contributed by atoms with Crippen molar-refractivity contribution in [3.63, 3.8) is 0 Å². The first kappa shape index (κ1) is 18.2. The topological polar surface area (TPSA) is 38.1 Å². The standard InChI is InChI=1S/C14H19F4N3O/c1-5-12(22)20(9-11(15)14(16,17)18)7-10-6-19-21(8-10)13(2,3)4/h5-6,8,11H,1,7,9H2,2-4H3. The average molecular weight is 321 g/mol. The fraction of sp³-hybridized carbons (Fsp3) is 0.571. The second-order valence-corrected chi connectivity index (χ2v) is 5.90. The van der Waals surface area contributed by atoms with Crippen molar-refractivity contribution in [2.45, 2.75) is 45.2 Å². The smallest absolute Gasteiger partial charge is 0.331 e. The van der Waals surface area contributed by atoms with E-state index in [2.05, 4.69) is 11.7 Å². The summed E-state index contributed by atoms with van der Waals surface area (Å²) in [6, 6.07) is 0. The Kier molecular flexibility index (Phi) is 5.37. The van der Waals surface area contributed by atoms with Gasteiger partial charge in [-0.25, -0.2) is 4.39 Å². The molecule has 0 aromatic carbocycles. The zero-order valence-electron chi connectivity index (χ0n) is 12.7. The quantitative estimate of drug-likeness (QED) is 0.617. The fourth-order valence-electron chi connectivity index (χ4n) is 1.69. The monoisotopic (exact) mass is 321 g/mol. The molecule has 124 valence electrons. The van der Waals surface area contributed by atoms with Crippen LogP contribution in [0.2, 0.25) is 0 Å². The fourth-order valence-corrected chi connectivity index (χ4v) is 1.69. The Labute approximate surface area is 126 Å². The van der Waals surface area contributed by atoms with E-state index in [1.807, 2.05) is 20.8 Å². The van der Waals surface area contributed by atoms with Crippen molar-refractivity contribution < 1.29 is 22.4 Å². The van der Waals surface area contributed by atoms with Crippen molar-refractivity contribution in [3.8, 4) is 0 Å². The van der Waals surface area contributed by atoms with Gasteiger partial charge in [-0.15, -0.1) is 0 Å². The summed E-state index contributed by atoms with van der Waals surface area (Å²) in [5, 5.41) is 4.09. The maximum atomic E-state index is 13.2. The molecule has 22 heavy (non-hydrogen) atoms.